The minimum atomic E-state index is 0.232. The molecule has 0 fully saturated rings. The first-order valence-corrected chi connectivity index (χ1v) is 7.35. The molecule has 1 aromatic heterocycles. The second kappa shape index (κ2) is 6.06. The van der Waals surface area contributed by atoms with E-state index in [4.69, 9.17) is 0 Å². The van der Waals surface area contributed by atoms with Crippen molar-refractivity contribution in [2.75, 3.05) is 7.05 Å². The molecule has 0 aliphatic carbocycles. The summed E-state index contributed by atoms with van der Waals surface area (Å²) in [6.07, 6.45) is 0.939. The maximum Gasteiger partial charge on any atom is 0.0579 e. The molecule has 0 radical (unpaired) electrons. The molecule has 2 heteroatoms. The summed E-state index contributed by atoms with van der Waals surface area (Å²) < 4.78 is 0. The summed E-state index contributed by atoms with van der Waals surface area (Å²) in [6, 6.07) is 21.5. The molecule has 0 saturated carbocycles. The van der Waals surface area contributed by atoms with Gasteiger partial charge in [0.2, 0.25) is 0 Å². The average molecular weight is 276 g/mol. The zero-order valence-electron chi connectivity index (χ0n) is 12.5. The van der Waals surface area contributed by atoms with Crippen LogP contribution in [0, 0.1) is 6.92 Å². The summed E-state index contributed by atoms with van der Waals surface area (Å²) in [7, 11) is 2.00. The first-order valence-electron chi connectivity index (χ1n) is 7.35. The summed E-state index contributed by atoms with van der Waals surface area (Å²) in [4.78, 5) is 4.66. The molecule has 3 rings (SSSR count). The highest BCUT2D eigenvalue weighted by Gasteiger charge is 2.13. The molecule has 0 aliphatic rings. The van der Waals surface area contributed by atoms with Gasteiger partial charge in [-0.3, -0.25) is 4.98 Å². The number of hydrogen-bond acceptors (Lipinski definition) is 2. The van der Waals surface area contributed by atoms with E-state index < -0.39 is 0 Å². The van der Waals surface area contributed by atoms with Crippen LogP contribution >= 0.6 is 0 Å². The van der Waals surface area contributed by atoms with Gasteiger partial charge >= 0.3 is 0 Å². The molecule has 0 saturated heterocycles. The van der Waals surface area contributed by atoms with Gasteiger partial charge in [-0.05, 0) is 48.9 Å². The van der Waals surface area contributed by atoms with E-state index in [2.05, 4.69) is 64.9 Å². The first-order chi connectivity index (χ1) is 10.3. The molecule has 1 atom stereocenters. The molecule has 106 valence electrons. The lowest BCUT2D eigenvalue weighted by Crippen LogP contribution is -2.20. The zero-order valence-corrected chi connectivity index (χ0v) is 12.5. The first kappa shape index (κ1) is 13.8. The minimum absolute atomic E-state index is 0.232. The van der Waals surface area contributed by atoms with E-state index in [-0.39, 0.29) is 6.04 Å². The summed E-state index contributed by atoms with van der Waals surface area (Å²) in [5, 5.41) is 6.02. The number of aryl methyl sites for hydroxylation is 1. The van der Waals surface area contributed by atoms with Crippen molar-refractivity contribution in [3.63, 3.8) is 0 Å². The van der Waals surface area contributed by atoms with Gasteiger partial charge in [-0.15, -0.1) is 0 Å². The van der Waals surface area contributed by atoms with Crippen molar-refractivity contribution in [1.82, 2.24) is 10.3 Å². The number of pyridine rings is 1. The monoisotopic (exact) mass is 276 g/mol. The number of rotatable bonds is 4. The molecule has 21 heavy (non-hydrogen) atoms. The Kier molecular flexibility index (Phi) is 3.98. The normalized spacial score (nSPS) is 12.5. The Hall–Kier alpha value is -2.19. The molecule has 0 spiro atoms. The summed E-state index contributed by atoms with van der Waals surface area (Å²) in [5.74, 6) is 0. The Morgan fingerprint density at radius 1 is 0.952 bits per heavy atom. The Morgan fingerprint density at radius 3 is 2.52 bits per heavy atom. The summed E-state index contributed by atoms with van der Waals surface area (Å²) in [5.41, 5.74) is 3.52. The van der Waals surface area contributed by atoms with E-state index in [1.54, 1.807) is 0 Å². The van der Waals surface area contributed by atoms with Gasteiger partial charge in [0.25, 0.3) is 0 Å². The average Bonchev–Trinajstić information content (AvgIpc) is 2.52. The van der Waals surface area contributed by atoms with Crippen molar-refractivity contribution in [1.29, 1.82) is 0 Å². The van der Waals surface area contributed by atoms with E-state index >= 15 is 0 Å². The molecule has 0 amide bonds. The largest absolute Gasteiger partial charge is 0.311 e. The predicted octanol–water partition coefficient (Wildman–Crippen LogP) is 4.05. The van der Waals surface area contributed by atoms with Crippen LogP contribution in [0.5, 0.6) is 0 Å². The van der Waals surface area contributed by atoms with E-state index in [0.717, 1.165) is 17.8 Å². The maximum atomic E-state index is 4.66. The van der Waals surface area contributed by atoms with Gasteiger partial charge in [-0.1, -0.05) is 48.5 Å². The van der Waals surface area contributed by atoms with Crippen molar-refractivity contribution < 1.29 is 0 Å². The number of benzene rings is 2. The number of nitrogens with one attached hydrogen (secondary N) is 1. The fourth-order valence-electron chi connectivity index (χ4n) is 2.80. The van der Waals surface area contributed by atoms with Gasteiger partial charge in [-0.25, -0.2) is 0 Å². The van der Waals surface area contributed by atoms with Crippen LogP contribution in [0.1, 0.15) is 23.0 Å². The fraction of sp³-hybridized carbons (Fsp3) is 0.211. The second-order valence-electron chi connectivity index (χ2n) is 5.39. The van der Waals surface area contributed by atoms with Crippen LogP contribution in [-0.2, 0) is 6.42 Å². The standard InChI is InChI=1S/C19H20N2/c1-14-7-5-12-18(21-14)19(20-2)13-16-10-6-9-15-8-3-4-11-17(15)16/h3-12,19-20H,13H2,1-2H3. The molecule has 1 heterocycles. The smallest absolute Gasteiger partial charge is 0.0579 e. The van der Waals surface area contributed by atoms with Crippen LogP contribution in [0.3, 0.4) is 0 Å². The second-order valence-corrected chi connectivity index (χ2v) is 5.39. The van der Waals surface area contributed by atoms with Crippen molar-refractivity contribution in [2.24, 2.45) is 0 Å². The molecule has 3 aromatic rings. The Balaban J connectivity index is 1.96. The molecule has 2 nitrogen and oxygen atoms in total. The van der Waals surface area contributed by atoms with E-state index in [1.807, 2.05) is 20.0 Å². The van der Waals surface area contributed by atoms with Gasteiger partial charge in [-0.2, -0.15) is 0 Å². The summed E-state index contributed by atoms with van der Waals surface area (Å²) >= 11 is 0. The van der Waals surface area contributed by atoms with Gasteiger partial charge in [0, 0.05) is 5.69 Å². The maximum absolute atomic E-state index is 4.66. The SMILES string of the molecule is CNC(Cc1cccc2ccccc12)c1cccc(C)n1. The van der Waals surface area contributed by atoms with Crippen molar-refractivity contribution in [3.8, 4) is 0 Å². The fourth-order valence-corrected chi connectivity index (χ4v) is 2.80. The van der Waals surface area contributed by atoms with E-state index in [0.29, 0.717) is 0 Å². The Morgan fingerprint density at radius 2 is 1.71 bits per heavy atom. The number of fused-ring (bicyclic) bond motifs is 1. The van der Waals surface area contributed by atoms with Crippen molar-refractivity contribution >= 4 is 10.8 Å². The van der Waals surface area contributed by atoms with E-state index in [1.165, 1.54) is 16.3 Å². The molecule has 1 unspecified atom stereocenters. The summed E-state index contributed by atoms with van der Waals surface area (Å²) in [6.45, 7) is 2.04. The minimum Gasteiger partial charge on any atom is -0.311 e. The predicted molar refractivity (Wildman–Crippen MR) is 88.4 cm³/mol. The number of aromatic nitrogens is 1. The Labute approximate surface area is 125 Å². The highest BCUT2D eigenvalue weighted by Crippen LogP contribution is 2.23. The highest BCUT2D eigenvalue weighted by molar-refractivity contribution is 5.85. The van der Waals surface area contributed by atoms with Crippen molar-refractivity contribution in [2.45, 2.75) is 19.4 Å². The van der Waals surface area contributed by atoms with Crippen LogP contribution in [0.25, 0.3) is 10.8 Å². The lowest BCUT2D eigenvalue weighted by Gasteiger charge is -2.17. The third-order valence-electron chi connectivity index (χ3n) is 3.92. The van der Waals surface area contributed by atoms with Crippen LogP contribution in [-0.4, -0.2) is 12.0 Å². The highest BCUT2D eigenvalue weighted by atomic mass is 14.9. The molecule has 0 bridgehead atoms. The molecular formula is C19H20N2. The Bertz CT molecular complexity index is 744. The zero-order chi connectivity index (χ0) is 14.7. The topological polar surface area (TPSA) is 24.9 Å². The third kappa shape index (κ3) is 2.96. The van der Waals surface area contributed by atoms with Gasteiger partial charge < -0.3 is 5.32 Å². The van der Waals surface area contributed by atoms with Crippen LogP contribution in [0.15, 0.2) is 60.7 Å². The van der Waals surface area contributed by atoms with Gasteiger partial charge in [0.05, 0.1) is 11.7 Å². The molecule has 1 N–H and O–H groups in total. The number of likely N-dealkylation sites (N-methyl/N-ethyl adjacent to an activating group) is 1. The number of hydrogen-bond donors (Lipinski definition) is 1. The number of nitrogens with zero attached hydrogens (tertiary/aromatic N) is 1. The van der Waals surface area contributed by atoms with Gasteiger partial charge in [0.15, 0.2) is 0 Å². The quantitative estimate of drug-likeness (QED) is 0.777. The lowest BCUT2D eigenvalue weighted by molar-refractivity contribution is 0.576. The van der Waals surface area contributed by atoms with E-state index in [9.17, 15) is 0 Å². The lowest BCUT2D eigenvalue weighted by atomic mass is 9.97. The van der Waals surface area contributed by atoms with Crippen molar-refractivity contribution in [3.05, 3.63) is 77.6 Å². The van der Waals surface area contributed by atoms with Gasteiger partial charge in [0.1, 0.15) is 0 Å². The van der Waals surface area contributed by atoms with Crippen LogP contribution in [0.2, 0.25) is 0 Å². The third-order valence-corrected chi connectivity index (χ3v) is 3.92. The van der Waals surface area contributed by atoms with Crippen LogP contribution in [0.4, 0.5) is 0 Å². The molecular weight excluding hydrogens is 256 g/mol. The molecule has 2 aromatic carbocycles. The van der Waals surface area contributed by atoms with Crippen LogP contribution < -0.4 is 5.32 Å². The molecule has 0 aliphatic heterocycles.